The lowest BCUT2D eigenvalue weighted by Gasteiger charge is -2.25. The van der Waals surface area contributed by atoms with Gasteiger partial charge in [0.15, 0.2) is 4.90 Å². The molecule has 1 aromatic rings. The first-order chi connectivity index (χ1) is 10.4. The van der Waals surface area contributed by atoms with Crippen LogP contribution in [0.15, 0.2) is 53.5 Å². The van der Waals surface area contributed by atoms with Crippen LogP contribution < -0.4 is 0 Å². The Morgan fingerprint density at radius 3 is 2.68 bits per heavy atom. The van der Waals surface area contributed by atoms with Gasteiger partial charge >= 0.3 is 0 Å². The molecule has 2 rings (SSSR count). The van der Waals surface area contributed by atoms with Crippen LogP contribution in [-0.2, 0) is 10.0 Å². The van der Waals surface area contributed by atoms with Crippen LogP contribution >= 0.6 is 0 Å². The highest BCUT2D eigenvalue weighted by molar-refractivity contribution is 7.89. The summed E-state index contributed by atoms with van der Waals surface area (Å²) in [5.74, 6) is 0. The van der Waals surface area contributed by atoms with Gasteiger partial charge in [0.1, 0.15) is 0 Å². The smallest absolute Gasteiger partial charge is 0.258 e. The Morgan fingerprint density at radius 2 is 2.14 bits per heavy atom. The first-order valence-electron chi connectivity index (χ1n) is 6.91. The van der Waals surface area contributed by atoms with Gasteiger partial charge in [-0.25, -0.2) is 8.42 Å². The molecule has 0 bridgehead atoms. The molecule has 6 nitrogen and oxygen atoms in total. The van der Waals surface area contributed by atoms with Crippen molar-refractivity contribution >= 4 is 15.7 Å². The van der Waals surface area contributed by atoms with Crippen LogP contribution in [0.2, 0.25) is 0 Å². The number of nitrogens with zero attached hydrogens (tertiary/aromatic N) is 2. The van der Waals surface area contributed by atoms with Gasteiger partial charge in [-0.2, -0.15) is 4.31 Å². The van der Waals surface area contributed by atoms with Crippen molar-refractivity contribution in [3.8, 4) is 0 Å². The number of hydrogen-bond acceptors (Lipinski definition) is 4. The molecule has 7 heteroatoms. The predicted molar refractivity (Wildman–Crippen MR) is 84.0 cm³/mol. The van der Waals surface area contributed by atoms with Gasteiger partial charge in [0.25, 0.3) is 15.7 Å². The van der Waals surface area contributed by atoms with Crippen molar-refractivity contribution < 1.29 is 13.3 Å². The molecule has 22 heavy (non-hydrogen) atoms. The van der Waals surface area contributed by atoms with Crippen LogP contribution in [0.3, 0.4) is 0 Å². The van der Waals surface area contributed by atoms with Crippen LogP contribution in [0.1, 0.15) is 19.8 Å². The monoisotopic (exact) mass is 322 g/mol. The molecule has 0 heterocycles. The molecule has 1 atom stereocenters. The maximum atomic E-state index is 12.9. The number of nitro groups is 1. The zero-order chi connectivity index (χ0) is 16.3. The Bertz CT molecular complexity index is 725. The molecule has 0 aromatic heterocycles. The molecular weight excluding hydrogens is 304 g/mol. The summed E-state index contributed by atoms with van der Waals surface area (Å²) in [6.45, 7) is 5.66. The summed E-state index contributed by atoms with van der Waals surface area (Å²) in [7, 11) is -3.97. The summed E-state index contributed by atoms with van der Waals surface area (Å²) in [6, 6.07) is 5.13. The van der Waals surface area contributed by atoms with Crippen LogP contribution in [-0.4, -0.2) is 30.2 Å². The maximum Gasteiger partial charge on any atom is 0.289 e. The average molecular weight is 322 g/mol. The van der Waals surface area contributed by atoms with Crippen LogP contribution in [0.25, 0.3) is 0 Å². The van der Waals surface area contributed by atoms with Crippen molar-refractivity contribution in [2.75, 3.05) is 6.54 Å². The molecule has 0 saturated heterocycles. The highest BCUT2D eigenvalue weighted by Crippen LogP contribution is 2.31. The molecule has 0 aliphatic heterocycles. The van der Waals surface area contributed by atoms with E-state index in [1.54, 1.807) is 0 Å². The molecule has 0 saturated carbocycles. The molecule has 0 N–H and O–H groups in total. The fourth-order valence-electron chi connectivity index (χ4n) is 2.59. The highest BCUT2D eigenvalue weighted by Gasteiger charge is 2.35. The van der Waals surface area contributed by atoms with Gasteiger partial charge in [-0.05, 0) is 25.8 Å². The molecule has 0 radical (unpaired) electrons. The molecule has 1 aliphatic carbocycles. The third-order valence-corrected chi connectivity index (χ3v) is 5.58. The van der Waals surface area contributed by atoms with Gasteiger partial charge in [-0.3, -0.25) is 10.1 Å². The molecule has 1 aromatic carbocycles. The lowest BCUT2D eigenvalue weighted by Crippen LogP contribution is -2.38. The molecule has 1 aliphatic rings. The van der Waals surface area contributed by atoms with Crippen LogP contribution in [0.5, 0.6) is 0 Å². The van der Waals surface area contributed by atoms with Crippen molar-refractivity contribution in [2.24, 2.45) is 0 Å². The Kier molecular flexibility index (Phi) is 4.77. The Labute approximate surface area is 130 Å². The summed E-state index contributed by atoms with van der Waals surface area (Å²) in [5, 5.41) is 11.1. The zero-order valence-electron chi connectivity index (χ0n) is 12.3. The van der Waals surface area contributed by atoms with Gasteiger partial charge in [0.2, 0.25) is 0 Å². The van der Waals surface area contributed by atoms with E-state index in [0.29, 0.717) is 6.42 Å². The van der Waals surface area contributed by atoms with E-state index < -0.39 is 20.6 Å². The third kappa shape index (κ3) is 3.10. The van der Waals surface area contributed by atoms with Gasteiger partial charge in [-0.15, -0.1) is 6.58 Å². The van der Waals surface area contributed by atoms with Crippen molar-refractivity contribution in [2.45, 2.75) is 30.7 Å². The van der Waals surface area contributed by atoms with E-state index in [0.717, 1.165) is 12.0 Å². The standard InChI is InChI=1S/C15H18N2O4S/c1-3-10-16(13-9-8-12(2)11-13)22(20,21)15-7-5-4-6-14(15)17(18)19/h3-7,11,13H,1,8-10H2,2H3. The zero-order valence-corrected chi connectivity index (χ0v) is 13.1. The predicted octanol–water partition coefficient (Wildman–Crippen LogP) is 2.88. The fourth-order valence-corrected chi connectivity index (χ4v) is 4.32. The van der Waals surface area contributed by atoms with Gasteiger partial charge in [-0.1, -0.05) is 29.9 Å². The number of para-hydroxylation sites is 1. The number of hydrogen-bond donors (Lipinski definition) is 0. The normalized spacial score (nSPS) is 18.3. The van der Waals surface area contributed by atoms with Gasteiger partial charge in [0, 0.05) is 18.7 Å². The Hall–Kier alpha value is -1.99. The van der Waals surface area contributed by atoms with E-state index in [1.165, 1.54) is 34.6 Å². The minimum Gasteiger partial charge on any atom is -0.258 e. The first kappa shape index (κ1) is 16.4. The van der Waals surface area contributed by atoms with Crippen LogP contribution in [0, 0.1) is 10.1 Å². The maximum absolute atomic E-state index is 12.9. The summed E-state index contributed by atoms with van der Waals surface area (Å²) < 4.78 is 27.0. The third-order valence-electron chi connectivity index (χ3n) is 3.64. The van der Waals surface area contributed by atoms with E-state index in [-0.39, 0.29) is 17.5 Å². The Morgan fingerprint density at radius 1 is 1.45 bits per heavy atom. The van der Waals surface area contributed by atoms with Crippen molar-refractivity contribution in [3.63, 3.8) is 0 Å². The van der Waals surface area contributed by atoms with E-state index in [1.807, 2.05) is 13.0 Å². The number of allylic oxidation sites excluding steroid dienone is 1. The summed E-state index contributed by atoms with van der Waals surface area (Å²) >= 11 is 0. The molecule has 0 fully saturated rings. The molecule has 118 valence electrons. The molecule has 1 unspecified atom stereocenters. The molecule has 0 spiro atoms. The summed E-state index contributed by atoms with van der Waals surface area (Å²) in [4.78, 5) is 10.2. The van der Waals surface area contributed by atoms with Gasteiger partial charge < -0.3 is 0 Å². The minimum absolute atomic E-state index is 0.114. The van der Waals surface area contributed by atoms with E-state index >= 15 is 0 Å². The second kappa shape index (κ2) is 6.41. The number of nitro benzene ring substituents is 1. The highest BCUT2D eigenvalue weighted by atomic mass is 32.2. The lowest BCUT2D eigenvalue weighted by atomic mass is 10.2. The van der Waals surface area contributed by atoms with E-state index in [4.69, 9.17) is 0 Å². The lowest BCUT2D eigenvalue weighted by molar-refractivity contribution is -0.387. The first-order valence-corrected chi connectivity index (χ1v) is 8.35. The van der Waals surface area contributed by atoms with E-state index in [2.05, 4.69) is 6.58 Å². The van der Waals surface area contributed by atoms with E-state index in [9.17, 15) is 18.5 Å². The SMILES string of the molecule is C=CCN(C1C=C(C)CC1)S(=O)(=O)c1ccccc1[N+](=O)[O-]. The second-order valence-corrected chi connectivity index (χ2v) is 7.07. The fraction of sp³-hybridized carbons (Fsp3) is 0.333. The molecular formula is C15H18N2O4S. The largest absolute Gasteiger partial charge is 0.289 e. The summed E-state index contributed by atoms with van der Waals surface area (Å²) in [5.41, 5.74) is 0.715. The second-order valence-electron chi connectivity index (χ2n) is 5.21. The molecule has 0 amide bonds. The van der Waals surface area contributed by atoms with Crippen molar-refractivity contribution in [1.82, 2.24) is 4.31 Å². The number of rotatable bonds is 6. The number of benzene rings is 1. The van der Waals surface area contributed by atoms with Crippen molar-refractivity contribution in [1.29, 1.82) is 0 Å². The topological polar surface area (TPSA) is 80.5 Å². The summed E-state index contributed by atoms with van der Waals surface area (Å²) in [6.07, 6.45) is 4.90. The average Bonchev–Trinajstić information content (AvgIpc) is 2.90. The van der Waals surface area contributed by atoms with Gasteiger partial charge in [0.05, 0.1) is 4.92 Å². The van der Waals surface area contributed by atoms with Crippen LogP contribution in [0.4, 0.5) is 5.69 Å². The number of sulfonamides is 1. The quantitative estimate of drug-likeness (QED) is 0.458. The Balaban J connectivity index is 2.51. The van der Waals surface area contributed by atoms with Crippen molar-refractivity contribution in [3.05, 3.63) is 58.7 Å². The minimum atomic E-state index is -3.97.